The summed E-state index contributed by atoms with van der Waals surface area (Å²) in [5.41, 5.74) is 2.51. The summed E-state index contributed by atoms with van der Waals surface area (Å²) < 4.78 is 0. The average molecular weight is 340 g/mol. The molecule has 0 bridgehead atoms. The Kier molecular flexibility index (Phi) is 6.62. The zero-order chi connectivity index (χ0) is 18.2. The number of nitrogens with zero attached hydrogens (tertiary/aromatic N) is 2. The molecule has 2 aromatic rings. The number of aryl methyl sites for hydroxylation is 1. The molecule has 0 fully saturated rings. The lowest BCUT2D eigenvalue weighted by molar-refractivity contribution is -0.122. The third-order valence-corrected chi connectivity index (χ3v) is 3.94. The number of carbonyl (C=O) groups is 2. The van der Waals surface area contributed by atoms with Crippen molar-refractivity contribution in [3.8, 4) is 0 Å². The molecule has 1 aromatic heterocycles. The number of hydrogen-bond donors (Lipinski definition) is 2. The highest BCUT2D eigenvalue weighted by Crippen LogP contribution is 2.24. The maximum Gasteiger partial charge on any atom is 0.271 e. The van der Waals surface area contributed by atoms with E-state index >= 15 is 0 Å². The summed E-state index contributed by atoms with van der Waals surface area (Å²) in [5.74, 6) is -0.166. The van der Waals surface area contributed by atoms with Crippen LogP contribution in [-0.4, -0.2) is 28.3 Å². The van der Waals surface area contributed by atoms with Gasteiger partial charge in [0.05, 0.1) is 12.2 Å². The van der Waals surface area contributed by atoms with Gasteiger partial charge in [0.15, 0.2) is 0 Å². The number of carbonyl (C=O) groups excluding carboxylic acids is 2. The van der Waals surface area contributed by atoms with Gasteiger partial charge >= 0.3 is 0 Å². The molecule has 0 aliphatic rings. The molecule has 6 nitrogen and oxygen atoms in total. The van der Waals surface area contributed by atoms with Crippen molar-refractivity contribution in [1.82, 2.24) is 20.6 Å². The van der Waals surface area contributed by atoms with Gasteiger partial charge in [-0.15, -0.1) is 0 Å². The van der Waals surface area contributed by atoms with Crippen molar-refractivity contribution in [2.75, 3.05) is 6.54 Å². The summed E-state index contributed by atoms with van der Waals surface area (Å²) in [6, 6.07) is 7.99. The van der Waals surface area contributed by atoms with Gasteiger partial charge in [0, 0.05) is 25.4 Å². The molecule has 25 heavy (non-hydrogen) atoms. The minimum Gasteiger partial charge on any atom is -0.350 e. The number of nitrogens with one attached hydrogen (secondary N) is 2. The van der Waals surface area contributed by atoms with Gasteiger partial charge < -0.3 is 10.6 Å². The highest BCUT2D eigenvalue weighted by molar-refractivity contribution is 5.92. The SMILES string of the molecule is Cc1ccccc1[C@@H](NC(=O)CCNC(=O)c1cnccn1)C(C)C. The molecule has 1 aromatic carbocycles. The van der Waals surface area contributed by atoms with Crippen LogP contribution in [0.25, 0.3) is 0 Å². The van der Waals surface area contributed by atoms with Crippen LogP contribution in [0, 0.1) is 12.8 Å². The first kappa shape index (κ1) is 18.6. The lowest BCUT2D eigenvalue weighted by atomic mass is 9.92. The largest absolute Gasteiger partial charge is 0.350 e. The first-order valence-electron chi connectivity index (χ1n) is 8.38. The molecule has 6 heteroatoms. The van der Waals surface area contributed by atoms with Crippen molar-refractivity contribution in [2.24, 2.45) is 5.92 Å². The summed E-state index contributed by atoms with van der Waals surface area (Å²) >= 11 is 0. The Morgan fingerprint density at radius 2 is 1.92 bits per heavy atom. The van der Waals surface area contributed by atoms with Crippen molar-refractivity contribution >= 4 is 11.8 Å². The highest BCUT2D eigenvalue weighted by atomic mass is 16.2. The molecule has 0 unspecified atom stereocenters. The van der Waals surface area contributed by atoms with Crippen molar-refractivity contribution in [3.63, 3.8) is 0 Å². The average Bonchev–Trinajstić information content (AvgIpc) is 2.61. The van der Waals surface area contributed by atoms with Crippen LogP contribution in [0.3, 0.4) is 0 Å². The maximum atomic E-state index is 12.3. The molecule has 2 N–H and O–H groups in total. The zero-order valence-electron chi connectivity index (χ0n) is 14.8. The molecule has 132 valence electrons. The van der Waals surface area contributed by atoms with Crippen molar-refractivity contribution in [1.29, 1.82) is 0 Å². The Labute approximate surface area is 148 Å². The van der Waals surface area contributed by atoms with Gasteiger partial charge in [0.25, 0.3) is 5.91 Å². The summed E-state index contributed by atoms with van der Waals surface area (Å²) in [4.78, 5) is 31.9. The Hall–Kier alpha value is -2.76. The molecule has 2 amide bonds. The predicted octanol–water partition coefficient (Wildman–Crippen LogP) is 2.42. The lowest BCUT2D eigenvalue weighted by Gasteiger charge is -2.24. The van der Waals surface area contributed by atoms with Gasteiger partial charge in [0.1, 0.15) is 5.69 Å². The number of rotatable bonds is 7. The van der Waals surface area contributed by atoms with Gasteiger partial charge in [-0.05, 0) is 24.0 Å². The van der Waals surface area contributed by atoms with E-state index in [0.29, 0.717) is 0 Å². The van der Waals surface area contributed by atoms with Gasteiger partial charge in [0.2, 0.25) is 5.91 Å². The topological polar surface area (TPSA) is 84.0 Å². The number of amides is 2. The third-order valence-electron chi connectivity index (χ3n) is 3.94. The van der Waals surface area contributed by atoms with Gasteiger partial charge in [-0.3, -0.25) is 14.6 Å². The Bertz CT molecular complexity index is 716. The smallest absolute Gasteiger partial charge is 0.271 e. The first-order chi connectivity index (χ1) is 12.0. The second-order valence-corrected chi connectivity index (χ2v) is 6.24. The molecule has 0 aliphatic heterocycles. The Morgan fingerprint density at radius 3 is 2.56 bits per heavy atom. The van der Waals surface area contributed by atoms with Crippen LogP contribution in [0.15, 0.2) is 42.9 Å². The van der Waals surface area contributed by atoms with E-state index in [4.69, 9.17) is 0 Å². The first-order valence-corrected chi connectivity index (χ1v) is 8.38. The van der Waals surface area contributed by atoms with E-state index in [9.17, 15) is 9.59 Å². The summed E-state index contributed by atoms with van der Waals surface area (Å²) in [5, 5.41) is 5.75. The summed E-state index contributed by atoms with van der Waals surface area (Å²) in [6.45, 7) is 6.44. The van der Waals surface area contributed by atoms with Crippen molar-refractivity contribution in [2.45, 2.75) is 33.2 Å². The fourth-order valence-corrected chi connectivity index (χ4v) is 2.58. The Morgan fingerprint density at radius 1 is 1.16 bits per heavy atom. The normalized spacial score (nSPS) is 11.8. The quantitative estimate of drug-likeness (QED) is 0.811. The summed E-state index contributed by atoms with van der Waals surface area (Å²) in [6.07, 6.45) is 4.56. The van der Waals surface area contributed by atoms with Crippen molar-refractivity contribution in [3.05, 3.63) is 59.7 Å². The molecule has 1 heterocycles. The number of hydrogen-bond acceptors (Lipinski definition) is 4. The van der Waals surface area contributed by atoms with Crippen LogP contribution < -0.4 is 10.6 Å². The number of aromatic nitrogens is 2. The van der Waals surface area contributed by atoms with Gasteiger partial charge in [-0.25, -0.2) is 4.98 Å². The third kappa shape index (κ3) is 5.38. The molecule has 1 atom stereocenters. The standard InChI is InChI=1S/C19H24N4O2/c1-13(2)18(15-7-5-4-6-14(15)3)23-17(24)8-9-22-19(25)16-12-20-10-11-21-16/h4-7,10-13,18H,8-9H2,1-3H3,(H,22,25)(H,23,24)/t18-/m0/s1. The fourth-order valence-electron chi connectivity index (χ4n) is 2.58. The van der Waals surface area contributed by atoms with Crippen LogP contribution in [-0.2, 0) is 4.79 Å². The molecule has 0 aliphatic carbocycles. The van der Waals surface area contributed by atoms with Gasteiger partial charge in [-0.2, -0.15) is 0 Å². The van der Waals surface area contributed by atoms with Crippen LogP contribution >= 0.6 is 0 Å². The van der Waals surface area contributed by atoms with Crippen LogP contribution in [0.4, 0.5) is 0 Å². The summed E-state index contributed by atoms with van der Waals surface area (Å²) in [7, 11) is 0. The van der Waals surface area contributed by atoms with E-state index in [1.807, 2.05) is 31.2 Å². The zero-order valence-corrected chi connectivity index (χ0v) is 14.8. The van der Waals surface area contributed by atoms with E-state index < -0.39 is 0 Å². The lowest BCUT2D eigenvalue weighted by Crippen LogP contribution is -2.35. The second-order valence-electron chi connectivity index (χ2n) is 6.24. The predicted molar refractivity (Wildman–Crippen MR) is 95.9 cm³/mol. The van der Waals surface area contributed by atoms with E-state index in [1.54, 1.807) is 0 Å². The van der Waals surface area contributed by atoms with E-state index in [2.05, 4.69) is 34.4 Å². The fraction of sp³-hybridized carbons (Fsp3) is 0.368. The van der Waals surface area contributed by atoms with Crippen LogP contribution in [0.1, 0.15) is 47.9 Å². The minimum atomic E-state index is -0.333. The van der Waals surface area contributed by atoms with E-state index in [0.717, 1.165) is 11.1 Å². The molecule has 0 saturated heterocycles. The number of benzene rings is 1. The second kappa shape index (κ2) is 8.92. The van der Waals surface area contributed by atoms with E-state index in [1.165, 1.54) is 18.6 Å². The molecule has 0 radical (unpaired) electrons. The van der Waals surface area contributed by atoms with E-state index in [-0.39, 0.29) is 42.4 Å². The Balaban J connectivity index is 1.88. The van der Waals surface area contributed by atoms with Gasteiger partial charge in [-0.1, -0.05) is 38.1 Å². The van der Waals surface area contributed by atoms with Crippen LogP contribution in [0.2, 0.25) is 0 Å². The molecule has 2 rings (SSSR count). The van der Waals surface area contributed by atoms with Crippen LogP contribution in [0.5, 0.6) is 0 Å². The molecule has 0 spiro atoms. The monoisotopic (exact) mass is 340 g/mol. The highest BCUT2D eigenvalue weighted by Gasteiger charge is 2.19. The molecule has 0 saturated carbocycles. The van der Waals surface area contributed by atoms with Crippen molar-refractivity contribution < 1.29 is 9.59 Å². The maximum absolute atomic E-state index is 12.3. The molecular weight excluding hydrogens is 316 g/mol. The minimum absolute atomic E-state index is 0.0515. The molecular formula is C19H24N4O2.